The largest absolute Gasteiger partial charge is 0.478 e. The number of hydrogen-bond donors (Lipinski definition) is 5. The molecule has 4 aromatic carbocycles. The lowest BCUT2D eigenvalue weighted by Gasteiger charge is -2.29. The van der Waals surface area contributed by atoms with Gasteiger partial charge in [0.15, 0.2) is 0 Å². The second-order valence-electron chi connectivity index (χ2n) is 11.2. The van der Waals surface area contributed by atoms with Gasteiger partial charge in [0.2, 0.25) is 0 Å². The van der Waals surface area contributed by atoms with Crippen LogP contribution in [0.15, 0.2) is 84.9 Å². The van der Waals surface area contributed by atoms with E-state index in [0.717, 1.165) is 24.8 Å². The molecule has 12 heteroatoms. The topological polar surface area (TPSA) is 139 Å². The number of carbonyl (C=O) groups is 3. The number of anilines is 4. The second-order valence-corrected chi connectivity index (χ2v) is 11.7. The number of rotatable bonds is 9. The van der Waals surface area contributed by atoms with Crippen LogP contribution in [0.4, 0.5) is 31.5 Å². The van der Waals surface area contributed by atoms with E-state index in [1.54, 1.807) is 36.4 Å². The number of nitrogens with zero attached hydrogens (tertiary/aromatic N) is 1. The number of piperidine rings is 1. The predicted octanol–water partition coefficient (Wildman–Crippen LogP) is 8.89. The van der Waals surface area contributed by atoms with Crippen molar-refractivity contribution in [1.82, 2.24) is 0 Å². The van der Waals surface area contributed by atoms with Gasteiger partial charge in [-0.25, -0.2) is 23.2 Å². The normalized spacial score (nSPS) is 12.2. The summed E-state index contributed by atoms with van der Waals surface area (Å²) in [5.74, 6) is -3.99. The SMILES string of the molecule is CC(C)CNc1ccc(F)cc1C(=O)O.O=C(O)c1ccc(N2CCCCC2)cc1Cl.O=C(O)c1cccc(F)c1Nc1ccccc1. The highest BCUT2D eigenvalue weighted by Crippen LogP contribution is 2.26. The Bertz CT molecular complexity index is 1700. The Morgan fingerprint density at radius 1 is 0.771 bits per heavy atom. The van der Waals surface area contributed by atoms with E-state index in [0.29, 0.717) is 28.9 Å². The Kier molecular flexibility index (Phi) is 14.2. The van der Waals surface area contributed by atoms with Crippen LogP contribution < -0.4 is 15.5 Å². The third-order valence-electron chi connectivity index (χ3n) is 7.10. The first-order valence-electron chi connectivity index (χ1n) is 15.3. The van der Waals surface area contributed by atoms with Crippen molar-refractivity contribution < 1.29 is 38.5 Å². The molecule has 0 aromatic heterocycles. The molecule has 5 rings (SSSR count). The highest BCUT2D eigenvalue weighted by atomic mass is 35.5. The molecule has 0 aliphatic carbocycles. The average molecular weight is 682 g/mol. The third kappa shape index (κ3) is 11.3. The van der Waals surface area contributed by atoms with Gasteiger partial charge >= 0.3 is 17.9 Å². The van der Waals surface area contributed by atoms with Gasteiger partial charge in [-0.05, 0) is 85.8 Å². The van der Waals surface area contributed by atoms with Gasteiger partial charge in [0.1, 0.15) is 11.6 Å². The summed E-state index contributed by atoms with van der Waals surface area (Å²) >= 11 is 5.94. The number of carboxylic acids is 3. The van der Waals surface area contributed by atoms with Crippen LogP contribution in [-0.2, 0) is 0 Å². The van der Waals surface area contributed by atoms with Crippen molar-refractivity contribution in [3.8, 4) is 0 Å². The van der Waals surface area contributed by atoms with Crippen LogP contribution in [0.1, 0.15) is 64.2 Å². The van der Waals surface area contributed by atoms with Crippen molar-refractivity contribution in [1.29, 1.82) is 0 Å². The number of hydrogen-bond acceptors (Lipinski definition) is 6. The molecule has 0 amide bonds. The summed E-state index contributed by atoms with van der Waals surface area (Å²) in [6.45, 7) is 6.74. The molecule has 1 fully saturated rings. The van der Waals surface area contributed by atoms with E-state index in [4.69, 9.17) is 26.9 Å². The molecule has 1 heterocycles. The van der Waals surface area contributed by atoms with Crippen LogP contribution in [0, 0.1) is 17.6 Å². The van der Waals surface area contributed by atoms with Crippen LogP contribution in [0.2, 0.25) is 5.02 Å². The molecule has 254 valence electrons. The van der Waals surface area contributed by atoms with Gasteiger partial charge in [-0.3, -0.25) is 0 Å². The maximum absolute atomic E-state index is 13.6. The number of halogens is 3. The van der Waals surface area contributed by atoms with Crippen LogP contribution >= 0.6 is 11.6 Å². The van der Waals surface area contributed by atoms with E-state index in [9.17, 15) is 23.2 Å². The molecule has 9 nitrogen and oxygen atoms in total. The minimum absolute atomic E-state index is 0.0220. The summed E-state index contributed by atoms with van der Waals surface area (Å²) in [4.78, 5) is 34.8. The van der Waals surface area contributed by atoms with Crippen molar-refractivity contribution in [2.75, 3.05) is 35.2 Å². The number of aromatic carboxylic acids is 3. The molecule has 0 saturated carbocycles. The van der Waals surface area contributed by atoms with Crippen molar-refractivity contribution in [2.24, 2.45) is 5.92 Å². The van der Waals surface area contributed by atoms with E-state index in [2.05, 4.69) is 15.5 Å². The molecule has 0 radical (unpaired) electrons. The average Bonchev–Trinajstić information content (AvgIpc) is 3.06. The molecule has 1 saturated heterocycles. The molecular weight excluding hydrogens is 644 g/mol. The standard InChI is InChI=1S/C13H10FNO2.C12H14ClNO2.C11H14FNO2/c14-11-8-4-7-10(13(16)17)12(11)15-9-5-2-1-3-6-9;13-11-8-9(4-5-10(11)12(15)16)14-6-2-1-3-7-14;1-7(2)6-13-10-4-3-8(12)5-9(10)11(14)15/h1-8,15H,(H,16,17);4-5,8H,1-3,6-7H2,(H,15,16);3-5,7,13H,6H2,1-2H3,(H,14,15). The van der Waals surface area contributed by atoms with E-state index in [1.165, 1.54) is 49.6 Å². The number of carboxylic acid groups (broad SMARTS) is 3. The predicted molar refractivity (Wildman–Crippen MR) is 184 cm³/mol. The molecule has 0 bridgehead atoms. The minimum Gasteiger partial charge on any atom is -0.478 e. The summed E-state index contributed by atoms with van der Waals surface area (Å²) in [5.41, 5.74) is 2.14. The zero-order valence-corrected chi connectivity index (χ0v) is 27.3. The zero-order valence-electron chi connectivity index (χ0n) is 26.6. The summed E-state index contributed by atoms with van der Waals surface area (Å²) < 4.78 is 26.4. The molecule has 5 N–H and O–H groups in total. The van der Waals surface area contributed by atoms with Crippen molar-refractivity contribution in [3.05, 3.63) is 118 Å². The Labute approximate surface area is 282 Å². The number of benzene rings is 4. The highest BCUT2D eigenvalue weighted by molar-refractivity contribution is 6.33. The molecular formula is C36H38ClF2N3O6. The monoisotopic (exact) mass is 681 g/mol. The van der Waals surface area contributed by atoms with Gasteiger partial charge in [0.25, 0.3) is 0 Å². The van der Waals surface area contributed by atoms with E-state index in [1.807, 2.05) is 26.0 Å². The van der Waals surface area contributed by atoms with Crippen molar-refractivity contribution >= 4 is 52.3 Å². The van der Waals surface area contributed by atoms with Gasteiger partial charge in [-0.15, -0.1) is 0 Å². The Morgan fingerprint density at radius 2 is 1.42 bits per heavy atom. The van der Waals surface area contributed by atoms with Crippen LogP contribution in [0.3, 0.4) is 0 Å². The van der Waals surface area contributed by atoms with Crippen LogP contribution in [0.25, 0.3) is 0 Å². The first-order chi connectivity index (χ1) is 22.9. The Morgan fingerprint density at radius 3 is 2.00 bits per heavy atom. The first kappa shape index (κ1) is 37.3. The zero-order chi connectivity index (χ0) is 35.2. The summed E-state index contributed by atoms with van der Waals surface area (Å²) in [5, 5.41) is 32.7. The van der Waals surface area contributed by atoms with Crippen molar-refractivity contribution in [2.45, 2.75) is 33.1 Å². The summed E-state index contributed by atoms with van der Waals surface area (Å²) in [7, 11) is 0. The molecule has 0 unspecified atom stereocenters. The first-order valence-corrected chi connectivity index (χ1v) is 15.6. The van der Waals surface area contributed by atoms with E-state index < -0.39 is 29.5 Å². The molecule has 0 spiro atoms. The van der Waals surface area contributed by atoms with Gasteiger partial charge < -0.3 is 30.9 Å². The minimum atomic E-state index is -1.16. The quantitative estimate of drug-likeness (QED) is 0.117. The summed E-state index contributed by atoms with van der Waals surface area (Å²) in [6.07, 6.45) is 3.66. The van der Waals surface area contributed by atoms with E-state index >= 15 is 0 Å². The van der Waals surface area contributed by atoms with Crippen LogP contribution in [-0.4, -0.2) is 52.9 Å². The Hall–Kier alpha value is -5.16. The lowest BCUT2D eigenvalue weighted by atomic mass is 10.1. The van der Waals surface area contributed by atoms with Gasteiger partial charge in [0.05, 0.1) is 27.4 Å². The maximum atomic E-state index is 13.6. The fraction of sp³-hybridized carbons (Fsp3) is 0.250. The lowest BCUT2D eigenvalue weighted by molar-refractivity contribution is 0.0686. The smallest absolute Gasteiger partial charge is 0.337 e. The summed E-state index contributed by atoms with van der Waals surface area (Å²) in [6, 6.07) is 21.7. The third-order valence-corrected chi connectivity index (χ3v) is 7.42. The van der Waals surface area contributed by atoms with Gasteiger partial charge in [-0.2, -0.15) is 0 Å². The van der Waals surface area contributed by atoms with Gasteiger partial charge in [-0.1, -0.05) is 49.7 Å². The fourth-order valence-electron chi connectivity index (χ4n) is 4.68. The molecule has 0 atom stereocenters. The van der Waals surface area contributed by atoms with Crippen molar-refractivity contribution in [3.63, 3.8) is 0 Å². The molecule has 1 aliphatic rings. The van der Waals surface area contributed by atoms with Crippen LogP contribution in [0.5, 0.6) is 0 Å². The molecule has 48 heavy (non-hydrogen) atoms. The molecule has 1 aliphatic heterocycles. The lowest BCUT2D eigenvalue weighted by Crippen LogP contribution is -2.29. The number of para-hydroxylation sites is 2. The highest BCUT2D eigenvalue weighted by Gasteiger charge is 2.16. The Balaban J connectivity index is 0.000000196. The molecule has 4 aromatic rings. The second kappa shape index (κ2) is 18.2. The van der Waals surface area contributed by atoms with E-state index in [-0.39, 0.29) is 22.4 Å². The maximum Gasteiger partial charge on any atom is 0.337 e. The fourth-order valence-corrected chi connectivity index (χ4v) is 4.94. The van der Waals surface area contributed by atoms with Gasteiger partial charge in [0, 0.05) is 36.7 Å². The number of nitrogens with one attached hydrogen (secondary N) is 2.